The molecule has 0 aromatic carbocycles. The molecule has 2 aromatic rings. The SMILES string of the molecule is O=C(O)CCCC(=O)Nc1sc2c(c1C(=O)NCc1ccco1)CCCC2. The number of rotatable bonds is 8. The van der Waals surface area contributed by atoms with E-state index in [1.165, 1.54) is 11.3 Å². The lowest BCUT2D eigenvalue weighted by Crippen LogP contribution is -2.25. The van der Waals surface area contributed by atoms with E-state index in [1.54, 1.807) is 18.4 Å². The zero-order valence-electron chi connectivity index (χ0n) is 14.9. The third-order valence-corrected chi connectivity index (χ3v) is 5.66. The van der Waals surface area contributed by atoms with E-state index in [1.807, 2.05) is 0 Å². The summed E-state index contributed by atoms with van der Waals surface area (Å²) in [5.74, 6) is -0.763. The Morgan fingerprint density at radius 1 is 1.19 bits per heavy atom. The smallest absolute Gasteiger partial charge is 0.303 e. The molecule has 0 saturated carbocycles. The van der Waals surface area contributed by atoms with Crippen molar-refractivity contribution in [3.05, 3.63) is 40.2 Å². The van der Waals surface area contributed by atoms with Gasteiger partial charge in [0.1, 0.15) is 10.8 Å². The highest BCUT2D eigenvalue weighted by Gasteiger charge is 2.26. The summed E-state index contributed by atoms with van der Waals surface area (Å²) in [6, 6.07) is 3.55. The summed E-state index contributed by atoms with van der Waals surface area (Å²) in [5.41, 5.74) is 1.55. The molecule has 3 N–H and O–H groups in total. The summed E-state index contributed by atoms with van der Waals surface area (Å²) in [6.45, 7) is 0.280. The van der Waals surface area contributed by atoms with E-state index >= 15 is 0 Å². The first kappa shape index (κ1) is 19.2. The van der Waals surface area contributed by atoms with Crippen molar-refractivity contribution in [2.75, 3.05) is 5.32 Å². The number of fused-ring (bicyclic) bond motifs is 1. The number of carbonyl (C=O) groups excluding carboxylic acids is 2. The molecule has 0 atom stereocenters. The first-order valence-electron chi connectivity index (χ1n) is 9.01. The Hall–Kier alpha value is -2.61. The number of nitrogens with one attached hydrogen (secondary N) is 2. The molecule has 0 bridgehead atoms. The van der Waals surface area contributed by atoms with Crippen LogP contribution in [0.2, 0.25) is 0 Å². The molecule has 1 aliphatic rings. The fourth-order valence-electron chi connectivity index (χ4n) is 3.15. The molecule has 3 rings (SSSR count). The molecule has 27 heavy (non-hydrogen) atoms. The van der Waals surface area contributed by atoms with E-state index in [4.69, 9.17) is 9.52 Å². The van der Waals surface area contributed by atoms with Crippen molar-refractivity contribution in [1.29, 1.82) is 0 Å². The molecular formula is C19H22N2O5S. The van der Waals surface area contributed by atoms with E-state index in [9.17, 15) is 14.4 Å². The van der Waals surface area contributed by atoms with Crippen LogP contribution >= 0.6 is 11.3 Å². The highest BCUT2D eigenvalue weighted by molar-refractivity contribution is 7.17. The predicted octanol–water partition coefficient (Wildman–Crippen LogP) is 3.34. The van der Waals surface area contributed by atoms with Gasteiger partial charge in [0, 0.05) is 17.7 Å². The van der Waals surface area contributed by atoms with Gasteiger partial charge in [-0.3, -0.25) is 14.4 Å². The highest BCUT2D eigenvalue weighted by Crippen LogP contribution is 2.38. The molecule has 1 aliphatic carbocycles. The topological polar surface area (TPSA) is 109 Å². The summed E-state index contributed by atoms with van der Waals surface area (Å²) in [4.78, 5) is 36.7. The number of thiophene rings is 1. The summed E-state index contributed by atoms with van der Waals surface area (Å²) < 4.78 is 5.24. The molecule has 0 spiro atoms. The fourth-order valence-corrected chi connectivity index (χ4v) is 4.46. The number of carboxylic acids is 1. The third kappa shape index (κ3) is 4.97. The van der Waals surface area contributed by atoms with Crippen LogP contribution in [0.4, 0.5) is 5.00 Å². The van der Waals surface area contributed by atoms with E-state index in [-0.39, 0.29) is 37.6 Å². The van der Waals surface area contributed by atoms with Gasteiger partial charge in [0.25, 0.3) is 5.91 Å². The van der Waals surface area contributed by atoms with Crippen LogP contribution in [0.15, 0.2) is 22.8 Å². The zero-order valence-corrected chi connectivity index (χ0v) is 15.7. The second-order valence-corrected chi connectivity index (χ2v) is 7.58. The molecule has 144 valence electrons. The fraction of sp³-hybridized carbons (Fsp3) is 0.421. The first-order valence-corrected chi connectivity index (χ1v) is 9.83. The lowest BCUT2D eigenvalue weighted by Gasteiger charge is -2.13. The van der Waals surface area contributed by atoms with Crippen LogP contribution in [0.3, 0.4) is 0 Å². The second kappa shape index (κ2) is 8.85. The van der Waals surface area contributed by atoms with Gasteiger partial charge in [-0.1, -0.05) is 0 Å². The number of carbonyl (C=O) groups is 3. The summed E-state index contributed by atoms with van der Waals surface area (Å²) in [7, 11) is 0. The minimum Gasteiger partial charge on any atom is -0.481 e. The van der Waals surface area contributed by atoms with Gasteiger partial charge >= 0.3 is 5.97 Å². The maximum absolute atomic E-state index is 12.8. The highest BCUT2D eigenvalue weighted by atomic mass is 32.1. The van der Waals surface area contributed by atoms with Crippen molar-refractivity contribution in [2.45, 2.75) is 51.5 Å². The molecule has 0 saturated heterocycles. The standard InChI is InChI=1S/C19H22N2O5S/c22-15(8-3-9-16(23)24)21-19-17(13-6-1-2-7-14(13)27-19)18(25)20-11-12-5-4-10-26-12/h4-5,10H,1-3,6-9,11H2,(H,20,25)(H,21,22)(H,23,24). The number of carboxylic acid groups (broad SMARTS) is 1. The molecule has 8 heteroatoms. The van der Waals surface area contributed by atoms with Crippen LogP contribution in [-0.2, 0) is 29.0 Å². The molecule has 0 unspecified atom stereocenters. The van der Waals surface area contributed by atoms with Gasteiger partial charge in [0.2, 0.25) is 5.91 Å². The number of hydrogen-bond acceptors (Lipinski definition) is 5. The average Bonchev–Trinajstić information content (AvgIpc) is 3.26. The Kier molecular flexibility index (Phi) is 6.28. The Morgan fingerprint density at radius 3 is 2.74 bits per heavy atom. The van der Waals surface area contributed by atoms with Crippen LogP contribution < -0.4 is 10.6 Å². The second-order valence-electron chi connectivity index (χ2n) is 6.47. The van der Waals surface area contributed by atoms with Gasteiger partial charge in [-0.05, 0) is 49.8 Å². The molecule has 2 heterocycles. The third-order valence-electron chi connectivity index (χ3n) is 4.45. The van der Waals surface area contributed by atoms with Crippen molar-refractivity contribution in [1.82, 2.24) is 5.32 Å². The van der Waals surface area contributed by atoms with Crippen LogP contribution in [0.1, 0.15) is 58.7 Å². The number of hydrogen-bond donors (Lipinski definition) is 3. The number of amides is 2. The average molecular weight is 390 g/mol. The summed E-state index contributed by atoms with van der Waals surface area (Å²) >= 11 is 1.45. The lowest BCUT2D eigenvalue weighted by atomic mass is 9.95. The maximum Gasteiger partial charge on any atom is 0.303 e. The van der Waals surface area contributed by atoms with Crippen molar-refractivity contribution < 1.29 is 23.9 Å². The lowest BCUT2D eigenvalue weighted by molar-refractivity contribution is -0.137. The van der Waals surface area contributed by atoms with E-state index in [2.05, 4.69) is 10.6 Å². The number of anilines is 1. The Labute approximate surface area is 160 Å². The molecule has 7 nitrogen and oxygen atoms in total. The first-order chi connectivity index (χ1) is 13.0. The largest absolute Gasteiger partial charge is 0.481 e. The normalized spacial score (nSPS) is 13.0. The molecule has 0 fully saturated rings. The summed E-state index contributed by atoms with van der Waals surface area (Å²) in [6.07, 6.45) is 5.72. The predicted molar refractivity (Wildman–Crippen MR) is 101 cm³/mol. The zero-order chi connectivity index (χ0) is 19.2. The monoisotopic (exact) mass is 390 g/mol. The molecule has 0 aliphatic heterocycles. The van der Waals surface area contributed by atoms with Crippen molar-refractivity contribution in [3.8, 4) is 0 Å². The van der Waals surface area contributed by atoms with Gasteiger partial charge in [-0.2, -0.15) is 0 Å². The van der Waals surface area contributed by atoms with Gasteiger partial charge in [0.15, 0.2) is 0 Å². The molecule has 2 amide bonds. The van der Waals surface area contributed by atoms with Crippen molar-refractivity contribution >= 4 is 34.1 Å². The Bertz CT molecular complexity index is 826. The van der Waals surface area contributed by atoms with Crippen molar-refractivity contribution in [2.24, 2.45) is 0 Å². The van der Waals surface area contributed by atoms with Crippen LogP contribution in [0.25, 0.3) is 0 Å². The quantitative estimate of drug-likeness (QED) is 0.640. The van der Waals surface area contributed by atoms with Crippen LogP contribution in [-0.4, -0.2) is 22.9 Å². The number of furan rings is 1. The van der Waals surface area contributed by atoms with Crippen LogP contribution in [0, 0.1) is 0 Å². The Balaban J connectivity index is 1.72. The minimum atomic E-state index is -0.924. The van der Waals surface area contributed by atoms with Gasteiger partial charge in [-0.25, -0.2) is 0 Å². The van der Waals surface area contributed by atoms with Gasteiger partial charge in [-0.15, -0.1) is 11.3 Å². The van der Waals surface area contributed by atoms with Crippen molar-refractivity contribution in [3.63, 3.8) is 0 Å². The Morgan fingerprint density at radius 2 is 2.00 bits per heavy atom. The van der Waals surface area contributed by atoms with Crippen LogP contribution in [0.5, 0.6) is 0 Å². The molecule has 0 radical (unpaired) electrons. The minimum absolute atomic E-state index is 0.0507. The number of aliphatic carboxylic acids is 1. The van der Waals surface area contributed by atoms with E-state index in [0.717, 1.165) is 36.1 Å². The van der Waals surface area contributed by atoms with E-state index in [0.29, 0.717) is 16.3 Å². The van der Waals surface area contributed by atoms with Gasteiger partial charge in [0.05, 0.1) is 18.4 Å². The molecular weight excluding hydrogens is 368 g/mol. The van der Waals surface area contributed by atoms with E-state index < -0.39 is 5.97 Å². The molecule has 2 aromatic heterocycles. The summed E-state index contributed by atoms with van der Waals surface area (Å²) in [5, 5.41) is 14.9. The van der Waals surface area contributed by atoms with Gasteiger partial charge < -0.3 is 20.2 Å². The maximum atomic E-state index is 12.8. The number of aryl methyl sites for hydroxylation is 1.